The Morgan fingerprint density at radius 1 is 1.25 bits per heavy atom. The molecule has 0 spiro atoms. The molecule has 11 heteroatoms. The van der Waals surface area contributed by atoms with Crippen LogP contribution in [0.15, 0.2) is 18.2 Å². The Morgan fingerprint density at radius 3 is 2.46 bits per heavy atom. The smallest absolute Gasteiger partial charge is 0.357 e. The van der Waals surface area contributed by atoms with Gasteiger partial charge in [0.25, 0.3) is 5.88 Å². The molecule has 3 N–H and O–H groups in total. The minimum atomic E-state index is -2.74. The first-order valence-electron chi connectivity index (χ1n) is 6.69. The van der Waals surface area contributed by atoms with E-state index in [-0.39, 0.29) is 30.8 Å². The Hall–Kier alpha value is -2.66. The van der Waals surface area contributed by atoms with Crippen molar-refractivity contribution in [2.75, 3.05) is 0 Å². The van der Waals surface area contributed by atoms with Gasteiger partial charge < -0.3 is 19.2 Å². The molecular formula is C13H13NO9S. The molecule has 1 aliphatic rings. The lowest BCUT2D eigenvalue weighted by Gasteiger charge is -2.08. The topological polar surface area (TPSA) is 152 Å². The van der Waals surface area contributed by atoms with E-state index in [1.165, 1.54) is 12.2 Å². The SMILES string of the molecule is O=C(CCCC1C(=O)C=CC1=O)On1c(O)cc(OS(=O)O)c1O. The van der Waals surface area contributed by atoms with Crippen LogP contribution < -0.4 is 9.02 Å². The van der Waals surface area contributed by atoms with Crippen LogP contribution in [0.3, 0.4) is 0 Å². The highest BCUT2D eigenvalue weighted by Gasteiger charge is 2.28. The highest BCUT2D eigenvalue weighted by Crippen LogP contribution is 2.33. The van der Waals surface area contributed by atoms with Gasteiger partial charge in [0.15, 0.2) is 11.6 Å². The second-order valence-electron chi connectivity index (χ2n) is 4.83. The number of aromatic nitrogens is 1. The fourth-order valence-corrected chi connectivity index (χ4v) is 2.37. The zero-order valence-electron chi connectivity index (χ0n) is 12.1. The lowest BCUT2D eigenvalue weighted by Crippen LogP contribution is -2.20. The minimum absolute atomic E-state index is 0.168. The molecule has 1 aromatic heterocycles. The van der Waals surface area contributed by atoms with E-state index >= 15 is 0 Å². The van der Waals surface area contributed by atoms with Crippen LogP contribution in [0.5, 0.6) is 17.5 Å². The fourth-order valence-electron chi connectivity index (χ4n) is 2.10. The normalized spacial score (nSPS) is 15.7. The van der Waals surface area contributed by atoms with Gasteiger partial charge in [0.1, 0.15) is 0 Å². The third-order valence-electron chi connectivity index (χ3n) is 3.21. The molecule has 0 aliphatic heterocycles. The first-order chi connectivity index (χ1) is 11.3. The van der Waals surface area contributed by atoms with Gasteiger partial charge in [0.2, 0.25) is 11.6 Å². The maximum absolute atomic E-state index is 11.7. The Kier molecular flexibility index (Phi) is 5.36. The predicted octanol–water partition coefficient (Wildman–Crippen LogP) is -0.135. The van der Waals surface area contributed by atoms with Crippen LogP contribution in [-0.2, 0) is 25.7 Å². The number of ketones is 2. The summed E-state index contributed by atoms with van der Waals surface area (Å²) in [5.41, 5.74) is 0. The average molecular weight is 359 g/mol. The molecular weight excluding hydrogens is 346 g/mol. The summed E-state index contributed by atoms with van der Waals surface area (Å²) in [4.78, 5) is 39.1. The van der Waals surface area contributed by atoms with Crippen molar-refractivity contribution in [1.82, 2.24) is 4.73 Å². The predicted molar refractivity (Wildman–Crippen MR) is 77.2 cm³/mol. The van der Waals surface area contributed by atoms with Crippen LogP contribution in [0.2, 0.25) is 0 Å². The average Bonchev–Trinajstić information content (AvgIpc) is 2.94. The molecule has 0 radical (unpaired) electrons. The van der Waals surface area contributed by atoms with E-state index in [1.807, 2.05) is 0 Å². The molecule has 0 saturated carbocycles. The molecule has 1 aliphatic carbocycles. The summed E-state index contributed by atoms with van der Waals surface area (Å²) in [5.74, 6) is -4.44. The molecule has 1 heterocycles. The second kappa shape index (κ2) is 7.27. The lowest BCUT2D eigenvalue weighted by molar-refractivity contribution is -0.146. The zero-order valence-corrected chi connectivity index (χ0v) is 12.9. The molecule has 0 fully saturated rings. The van der Waals surface area contributed by atoms with Crippen LogP contribution >= 0.6 is 0 Å². The van der Waals surface area contributed by atoms with Gasteiger partial charge in [-0.15, -0.1) is 4.73 Å². The van der Waals surface area contributed by atoms with Gasteiger partial charge in [-0.05, 0) is 25.0 Å². The van der Waals surface area contributed by atoms with Crippen molar-refractivity contribution in [1.29, 1.82) is 0 Å². The number of carbonyl (C=O) groups excluding carboxylic acids is 3. The highest BCUT2D eigenvalue weighted by atomic mass is 32.2. The van der Waals surface area contributed by atoms with Crippen LogP contribution in [0, 0.1) is 5.92 Å². The van der Waals surface area contributed by atoms with Crippen molar-refractivity contribution in [3.05, 3.63) is 18.2 Å². The van der Waals surface area contributed by atoms with E-state index in [2.05, 4.69) is 9.02 Å². The number of carbonyl (C=O) groups is 3. The molecule has 1 unspecified atom stereocenters. The Balaban J connectivity index is 1.88. The summed E-state index contributed by atoms with van der Waals surface area (Å²) in [7, 11) is 0. The number of allylic oxidation sites excluding steroid dienone is 2. The van der Waals surface area contributed by atoms with Gasteiger partial charge in [-0.25, -0.2) is 4.79 Å². The standard InChI is InChI=1S/C13H13NO9S/c15-8-4-5-9(16)7(8)2-1-3-12(18)22-14-11(17)6-10(13(14)19)23-24(20)21/h4-7,17,19H,1-3H2,(H,20,21). The number of nitrogens with zero attached hydrogens (tertiary/aromatic N) is 1. The quantitative estimate of drug-likeness (QED) is 0.446. The molecule has 1 atom stereocenters. The summed E-state index contributed by atoms with van der Waals surface area (Å²) < 4.78 is 23.7. The summed E-state index contributed by atoms with van der Waals surface area (Å²) in [6, 6.07) is 0.776. The molecule has 0 aromatic carbocycles. The largest absolute Gasteiger partial charge is 0.492 e. The molecule has 0 amide bonds. The summed E-state index contributed by atoms with van der Waals surface area (Å²) in [6.45, 7) is 0. The summed E-state index contributed by atoms with van der Waals surface area (Å²) >= 11 is -2.74. The molecule has 24 heavy (non-hydrogen) atoms. The van der Waals surface area contributed by atoms with Crippen LogP contribution in [0.1, 0.15) is 19.3 Å². The fraction of sp³-hybridized carbons (Fsp3) is 0.308. The summed E-state index contributed by atoms with van der Waals surface area (Å²) in [5, 5.41) is 19.1. The van der Waals surface area contributed by atoms with E-state index in [0.29, 0.717) is 4.73 Å². The van der Waals surface area contributed by atoms with Gasteiger partial charge in [-0.3, -0.25) is 14.1 Å². The number of hydrogen-bond acceptors (Lipinski definition) is 8. The molecule has 0 saturated heterocycles. The van der Waals surface area contributed by atoms with Crippen molar-refractivity contribution in [2.45, 2.75) is 19.3 Å². The number of rotatable bonds is 7. The van der Waals surface area contributed by atoms with Gasteiger partial charge in [-0.1, -0.05) is 0 Å². The molecule has 2 rings (SSSR count). The lowest BCUT2D eigenvalue weighted by atomic mass is 9.98. The van der Waals surface area contributed by atoms with Crippen molar-refractivity contribution in [2.24, 2.45) is 5.92 Å². The van der Waals surface area contributed by atoms with Crippen molar-refractivity contribution in [3.8, 4) is 17.5 Å². The maximum Gasteiger partial charge on any atom is 0.357 e. The first kappa shape index (κ1) is 17.7. The van der Waals surface area contributed by atoms with Crippen LogP contribution in [-0.4, -0.2) is 41.2 Å². The molecule has 10 nitrogen and oxygen atoms in total. The molecule has 130 valence electrons. The minimum Gasteiger partial charge on any atom is -0.492 e. The van der Waals surface area contributed by atoms with Crippen LogP contribution in [0.4, 0.5) is 0 Å². The van der Waals surface area contributed by atoms with Gasteiger partial charge in [0, 0.05) is 6.42 Å². The van der Waals surface area contributed by atoms with E-state index in [9.17, 15) is 28.8 Å². The monoisotopic (exact) mass is 359 g/mol. The Bertz CT molecular complexity index is 718. The van der Waals surface area contributed by atoms with E-state index < -0.39 is 40.8 Å². The zero-order chi connectivity index (χ0) is 17.9. The third kappa shape index (κ3) is 4.00. The van der Waals surface area contributed by atoms with Crippen molar-refractivity contribution >= 4 is 28.9 Å². The van der Waals surface area contributed by atoms with Gasteiger partial charge in [-0.2, -0.15) is 4.21 Å². The second-order valence-corrected chi connectivity index (χ2v) is 5.43. The summed E-state index contributed by atoms with van der Waals surface area (Å²) in [6.07, 6.45) is 2.54. The highest BCUT2D eigenvalue weighted by molar-refractivity contribution is 7.74. The Labute approximate surface area is 137 Å². The Morgan fingerprint density at radius 2 is 1.88 bits per heavy atom. The van der Waals surface area contributed by atoms with E-state index in [4.69, 9.17) is 4.55 Å². The third-order valence-corrected chi connectivity index (χ3v) is 3.53. The molecule has 0 bridgehead atoms. The van der Waals surface area contributed by atoms with Crippen LogP contribution in [0.25, 0.3) is 0 Å². The molecule has 1 aromatic rings. The first-order valence-corrected chi connectivity index (χ1v) is 7.72. The van der Waals surface area contributed by atoms with Crippen molar-refractivity contribution in [3.63, 3.8) is 0 Å². The number of hydrogen-bond donors (Lipinski definition) is 3. The van der Waals surface area contributed by atoms with Gasteiger partial charge >= 0.3 is 17.3 Å². The van der Waals surface area contributed by atoms with E-state index in [0.717, 1.165) is 6.07 Å². The van der Waals surface area contributed by atoms with E-state index in [1.54, 1.807) is 0 Å². The number of aromatic hydroxyl groups is 2. The maximum atomic E-state index is 11.7. The van der Waals surface area contributed by atoms with Crippen molar-refractivity contribution < 1.29 is 42.4 Å². The van der Waals surface area contributed by atoms with Gasteiger partial charge in [0.05, 0.1) is 12.0 Å².